The Morgan fingerprint density at radius 1 is 1.15 bits per heavy atom. The predicted molar refractivity (Wildman–Crippen MR) is 81.1 cm³/mol. The Morgan fingerprint density at radius 3 is 2.40 bits per heavy atom. The maximum absolute atomic E-state index is 12.1. The van der Waals surface area contributed by atoms with Gasteiger partial charge in [0.15, 0.2) is 0 Å². The Morgan fingerprint density at radius 2 is 1.80 bits per heavy atom. The number of halogens is 1. The topological polar surface area (TPSA) is 72.2 Å². The Kier molecular flexibility index (Phi) is 4.32. The minimum absolute atomic E-state index is 0.103. The van der Waals surface area contributed by atoms with Crippen LogP contribution in [-0.4, -0.2) is 8.42 Å². The van der Waals surface area contributed by atoms with Crippen LogP contribution < -0.4 is 10.5 Å². The number of hydrogen-bond acceptors (Lipinski definition) is 3. The van der Waals surface area contributed by atoms with Gasteiger partial charge < -0.3 is 5.73 Å². The molecule has 0 aliphatic heterocycles. The number of rotatable bonds is 4. The Bertz CT molecular complexity index is 712. The standard InChI is InChI=1S/C14H15ClN2O2S/c1-10-2-4-11(5-3-10)9-17-20(18,19)12-6-7-13(15)14(16)8-12/h2-8,17H,9,16H2,1H3. The van der Waals surface area contributed by atoms with Gasteiger partial charge in [0.25, 0.3) is 0 Å². The van der Waals surface area contributed by atoms with Gasteiger partial charge in [-0.1, -0.05) is 41.4 Å². The van der Waals surface area contributed by atoms with Gasteiger partial charge >= 0.3 is 0 Å². The fraction of sp³-hybridized carbons (Fsp3) is 0.143. The van der Waals surface area contributed by atoms with Crippen LogP contribution in [0.15, 0.2) is 47.4 Å². The summed E-state index contributed by atoms with van der Waals surface area (Å²) in [4.78, 5) is 0.103. The van der Waals surface area contributed by atoms with E-state index in [1.165, 1.54) is 18.2 Å². The van der Waals surface area contributed by atoms with Gasteiger partial charge in [0.05, 0.1) is 15.6 Å². The maximum Gasteiger partial charge on any atom is 0.240 e. The molecule has 2 aromatic carbocycles. The molecule has 0 unspecified atom stereocenters. The third kappa shape index (κ3) is 3.50. The monoisotopic (exact) mass is 310 g/mol. The molecule has 2 aromatic rings. The smallest absolute Gasteiger partial charge is 0.240 e. The summed E-state index contributed by atoms with van der Waals surface area (Å²) >= 11 is 5.78. The highest BCUT2D eigenvalue weighted by molar-refractivity contribution is 7.89. The van der Waals surface area contributed by atoms with Gasteiger partial charge in [-0.3, -0.25) is 0 Å². The lowest BCUT2D eigenvalue weighted by Gasteiger charge is -2.08. The summed E-state index contributed by atoms with van der Waals surface area (Å²) in [6, 6.07) is 11.9. The number of sulfonamides is 1. The molecule has 0 aliphatic carbocycles. The molecular formula is C14H15ClN2O2S. The van der Waals surface area contributed by atoms with Crippen molar-refractivity contribution in [3.8, 4) is 0 Å². The first kappa shape index (κ1) is 14.8. The SMILES string of the molecule is Cc1ccc(CNS(=O)(=O)c2ccc(Cl)c(N)c2)cc1. The highest BCUT2D eigenvalue weighted by Crippen LogP contribution is 2.22. The van der Waals surface area contributed by atoms with Crippen LogP contribution in [0.5, 0.6) is 0 Å². The van der Waals surface area contributed by atoms with Crippen molar-refractivity contribution in [1.82, 2.24) is 4.72 Å². The van der Waals surface area contributed by atoms with E-state index in [-0.39, 0.29) is 17.1 Å². The van der Waals surface area contributed by atoms with Crippen molar-refractivity contribution in [2.24, 2.45) is 0 Å². The molecule has 4 nitrogen and oxygen atoms in total. The molecule has 0 heterocycles. The Labute approximate surface area is 123 Å². The average Bonchev–Trinajstić information content (AvgIpc) is 2.41. The van der Waals surface area contributed by atoms with Crippen molar-refractivity contribution in [3.05, 3.63) is 58.6 Å². The summed E-state index contributed by atoms with van der Waals surface area (Å²) in [6.45, 7) is 2.20. The van der Waals surface area contributed by atoms with Gasteiger partial charge in [-0.15, -0.1) is 0 Å². The van der Waals surface area contributed by atoms with Crippen LogP contribution in [0.25, 0.3) is 0 Å². The molecule has 20 heavy (non-hydrogen) atoms. The molecule has 0 aromatic heterocycles. The van der Waals surface area contributed by atoms with Crippen LogP contribution in [0.2, 0.25) is 5.02 Å². The molecule has 0 amide bonds. The van der Waals surface area contributed by atoms with E-state index in [1.54, 1.807) is 0 Å². The summed E-state index contributed by atoms with van der Waals surface area (Å²) in [7, 11) is -3.60. The van der Waals surface area contributed by atoms with Crippen LogP contribution in [0.4, 0.5) is 5.69 Å². The average molecular weight is 311 g/mol. The van der Waals surface area contributed by atoms with Gasteiger partial charge in [0.1, 0.15) is 0 Å². The number of aryl methyl sites for hydroxylation is 1. The molecule has 0 saturated heterocycles. The van der Waals surface area contributed by atoms with E-state index in [0.717, 1.165) is 11.1 Å². The molecule has 0 saturated carbocycles. The highest BCUT2D eigenvalue weighted by atomic mass is 35.5. The highest BCUT2D eigenvalue weighted by Gasteiger charge is 2.14. The zero-order valence-electron chi connectivity index (χ0n) is 10.9. The van der Waals surface area contributed by atoms with Gasteiger partial charge in [-0.05, 0) is 30.7 Å². The van der Waals surface area contributed by atoms with Crippen LogP contribution >= 0.6 is 11.6 Å². The summed E-state index contributed by atoms with van der Waals surface area (Å²) in [5.41, 5.74) is 7.87. The van der Waals surface area contributed by atoms with E-state index in [0.29, 0.717) is 5.02 Å². The van der Waals surface area contributed by atoms with Crippen LogP contribution in [-0.2, 0) is 16.6 Å². The fourth-order valence-electron chi connectivity index (χ4n) is 1.66. The van der Waals surface area contributed by atoms with E-state index in [4.69, 9.17) is 17.3 Å². The molecule has 106 valence electrons. The zero-order chi connectivity index (χ0) is 14.8. The van der Waals surface area contributed by atoms with Crippen molar-refractivity contribution in [1.29, 1.82) is 0 Å². The van der Waals surface area contributed by atoms with E-state index < -0.39 is 10.0 Å². The first-order valence-electron chi connectivity index (χ1n) is 5.99. The lowest BCUT2D eigenvalue weighted by molar-refractivity contribution is 0.581. The lowest BCUT2D eigenvalue weighted by Crippen LogP contribution is -2.23. The number of nitrogens with one attached hydrogen (secondary N) is 1. The number of hydrogen-bond donors (Lipinski definition) is 2. The van der Waals surface area contributed by atoms with E-state index in [1.807, 2.05) is 31.2 Å². The third-order valence-electron chi connectivity index (χ3n) is 2.86. The van der Waals surface area contributed by atoms with Gasteiger partial charge in [-0.25, -0.2) is 13.1 Å². The number of anilines is 1. The normalized spacial score (nSPS) is 11.5. The second-order valence-corrected chi connectivity index (χ2v) is 6.67. The number of nitrogens with two attached hydrogens (primary N) is 1. The summed E-state index contributed by atoms with van der Waals surface area (Å²) in [5, 5.41) is 0.336. The van der Waals surface area contributed by atoms with Crippen molar-refractivity contribution in [2.75, 3.05) is 5.73 Å². The Hall–Kier alpha value is -1.56. The first-order chi connectivity index (χ1) is 9.38. The van der Waals surface area contributed by atoms with Crippen LogP contribution in [0, 0.1) is 6.92 Å². The molecule has 3 N–H and O–H groups in total. The number of benzene rings is 2. The molecule has 0 radical (unpaired) electrons. The second kappa shape index (κ2) is 5.83. The molecule has 0 atom stereocenters. The molecular weight excluding hydrogens is 296 g/mol. The fourth-order valence-corrected chi connectivity index (χ4v) is 2.83. The van der Waals surface area contributed by atoms with Gasteiger partial charge in [0, 0.05) is 6.54 Å². The second-order valence-electron chi connectivity index (χ2n) is 4.49. The maximum atomic E-state index is 12.1. The van der Waals surface area contributed by atoms with Crippen LogP contribution in [0.1, 0.15) is 11.1 Å². The summed E-state index contributed by atoms with van der Waals surface area (Å²) in [5.74, 6) is 0. The van der Waals surface area contributed by atoms with Gasteiger partial charge in [-0.2, -0.15) is 0 Å². The van der Waals surface area contributed by atoms with E-state index >= 15 is 0 Å². The molecule has 0 aliphatic rings. The predicted octanol–water partition coefficient (Wildman–Crippen LogP) is 2.71. The molecule has 0 spiro atoms. The number of nitrogen functional groups attached to an aromatic ring is 1. The minimum Gasteiger partial charge on any atom is -0.397 e. The van der Waals surface area contributed by atoms with Crippen molar-refractivity contribution in [3.63, 3.8) is 0 Å². The third-order valence-corrected chi connectivity index (χ3v) is 4.61. The quantitative estimate of drug-likeness (QED) is 0.853. The van der Waals surface area contributed by atoms with E-state index in [9.17, 15) is 8.42 Å². The molecule has 2 rings (SSSR count). The van der Waals surface area contributed by atoms with E-state index in [2.05, 4.69) is 4.72 Å². The Balaban J connectivity index is 2.14. The van der Waals surface area contributed by atoms with Crippen molar-refractivity contribution >= 4 is 27.3 Å². The van der Waals surface area contributed by atoms with Gasteiger partial charge in [0.2, 0.25) is 10.0 Å². The minimum atomic E-state index is -3.60. The largest absolute Gasteiger partial charge is 0.397 e. The van der Waals surface area contributed by atoms with Crippen molar-refractivity contribution < 1.29 is 8.42 Å². The summed E-state index contributed by atoms with van der Waals surface area (Å²) < 4.78 is 26.8. The lowest BCUT2D eigenvalue weighted by atomic mass is 10.2. The molecule has 0 fully saturated rings. The summed E-state index contributed by atoms with van der Waals surface area (Å²) in [6.07, 6.45) is 0. The zero-order valence-corrected chi connectivity index (χ0v) is 12.5. The van der Waals surface area contributed by atoms with Crippen LogP contribution in [0.3, 0.4) is 0 Å². The molecule has 6 heteroatoms. The molecule has 0 bridgehead atoms. The van der Waals surface area contributed by atoms with Crippen molar-refractivity contribution in [2.45, 2.75) is 18.4 Å². The first-order valence-corrected chi connectivity index (χ1v) is 7.85.